The zero-order valence-electron chi connectivity index (χ0n) is 20.0. The Morgan fingerprint density at radius 2 is 1.59 bits per heavy atom. The van der Waals surface area contributed by atoms with Gasteiger partial charge in [-0.3, -0.25) is 19.2 Å². The van der Waals surface area contributed by atoms with Gasteiger partial charge in [-0.2, -0.15) is 0 Å². The first-order valence-corrected chi connectivity index (χ1v) is 12.4. The van der Waals surface area contributed by atoms with Crippen molar-refractivity contribution >= 4 is 47.1 Å². The predicted octanol–water partition coefficient (Wildman–Crippen LogP) is 4.85. The van der Waals surface area contributed by atoms with Gasteiger partial charge in [-0.25, -0.2) is 4.39 Å². The highest BCUT2D eigenvalue weighted by molar-refractivity contribution is 8.00. The zero-order valence-corrected chi connectivity index (χ0v) is 20.8. The Kier molecular flexibility index (Phi) is 10.2. The number of benzene rings is 3. The monoisotopic (exact) mass is 520 g/mol. The number of carbonyl (C=O) groups is 4. The lowest BCUT2D eigenvalue weighted by atomic mass is 10.1. The molecule has 0 aliphatic carbocycles. The van der Waals surface area contributed by atoms with E-state index in [0.29, 0.717) is 16.8 Å². The van der Waals surface area contributed by atoms with E-state index < -0.39 is 23.6 Å². The van der Waals surface area contributed by atoms with Gasteiger partial charge in [0.05, 0.1) is 12.4 Å². The van der Waals surface area contributed by atoms with Gasteiger partial charge in [0.2, 0.25) is 0 Å². The third-order valence-corrected chi connectivity index (χ3v) is 5.94. The van der Waals surface area contributed by atoms with Crippen LogP contribution in [0.1, 0.15) is 29.3 Å². The van der Waals surface area contributed by atoms with Crippen molar-refractivity contribution in [3.8, 4) is 0 Å². The molecule has 2 N–H and O–H groups in total. The number of rotatable bonds is 11. The molecular weight excluding hydrogens is 495 g/mol. The fourth-order valence-electron chi connectivity index (χ4n) is 3.09. The standard InChI is InChI=1S/C28H25FN2O5S/c1-2-36-26(33)17-23(32)18-37-24-14-12-22(13-15-24)30-28(35)25(16-19-8-10-21(29)11-9-19)31-27(34)20-6-4-3-5-7-20/h3-16H,2,17-18H2,1H3,(H,30,35)(H,31,34)/b25-16-. The SMILES string of the molecule is CCOC(=O)CC(=O)CSc1ccc(NC(=O)/C(=C/c2ccc(F)cc2)NC(=O)c2ccccc2)cc1. The first kappa shape index (κ1) is 27.3. The second-order valence-electron chi connectivity index (χ2n) is 7.72. The van der Waals surface area contributed by atoms with Gasteiger partial charge >= 0.3 is 5.97 Å². The van der Waals surface area contributed by atoms with Crippen molar-refractivity contribution in [2.75, 3.05) is 17.7 Å². The largest absolute Gasteiger partial charge is 0.466 e. The Hall–Kier alpha value is -4.24. The molecule has 2 amide bonds. The average molecular weight is 521 g/mol. The maximum Gasteiger partial charge on any atom is 0.313 e. The van der Waals surface area contributed by atoms with E-state index in [4.69, 9.17) is 4.74 Å². The number of nitrogens with one attached hydrogen (secondary N) is 2. The second-order valence-corrected chi connectivity index (χ2v) is 8.77. The minimum Gasteiger partial charge on any atom is -0.466 e. The summed E-state index contributed by atoms with van der Waals surface area (Å²) in [5, 5.41) is 5.35. The highest BCUT2D eigenvalue weighted by Gasteiger charge is 2.15. The maximum atomic E-state index is 13.3. The quantitative estimate of drug-likeness (QED) is 0.162. The summed E-state index contributed by atoms with van der Waals surface area (Å²) in [5.74, 6) is -2.14. The number of hydrogen-bond donors (Lipinski definition) is 2. The summed E-state index contributed by atoms with van der Waals surface area (Å²) in [7, 11) is 0. The van der Waals surface area contributed by atoms with E-state index in [9.17, 15) is 23.6 Å². The molecule has 0 aliphatic heterocycles. The van der Waals surface area contributed by atoms with E-state index in [1.807, 2.05) is 0 Å². The van der Waals surface area contributed by atoms with Crippen LogP contribution in [0, 0.1) is 5.82 Å². The zero-order chi connectivity index (χ0) is 26.6. The number of ether oxygens (including phenoxy) is 1. The lowest BCUT2D eigenvalue weighted by Gasteiger charge is -2.12. The molecule has 0 unspecified atom stereocenters. The molecule has 9 heteroatoms. The van der Waals surface area contributed by atoms with Crippen LogP contribution in [0.3, 0.4) is 0 Å². The number of Topliss-reactive ketones (excluding diaryl/α,β-unsaturated/α-hetero) is 1. The smallest absolute Gasteiger partial charge is 0.313 e. The van der Waals surface area contributed by atoms with Crippen LogP contribution in [0.15, 0.2) is 89.5 Å². The first-order chi connectivity index (χ1) is 17.8. The summed E-state index contributed by atoms with van der Waals surface area (Å²) in [6, 6.07) is 20.7. The van der Waals surface area contributed by atoms with Crippen LogP contribution in [0.4, 0.5) is 10.1 Å². The van der Waals surface area contributed by atoms with Gasteiger partial charge in [0.1, 0.15) is 17.9 Å². The van der Waals surface area contributed by atoms with Crippen molar-refractivity contribution in [3.05, 3.63) is 102 Å². The van der Waals surface area contributed by atoms with Gasteiger partial charge in [0.15, 0.2) is 5.78 Å². The van der Waals surface area contributed by atoms with Crippen LogP contribution >= 0.6 is 11.8 Å². The van der Waals surface area contributed by atoms with Crippen molar-refractivity contribution in [1.29, 1.82) is 0 Å². The topological polar surface area (TPSA) is 102 Å². The molecule has 0 heterocycles. The van der Waals surface area contributed by atoms with Crippen molar-refractivity contribution in [2.45, 2.75) is 18.2 Å². The molecule has 0 saturated carbocycles. The number of ketones is 1. The third kappa shape index (κ3) is 9.05. The van der Waals surface area contributed by atoms with E-state index >= 15 is 0 Å². The third-order valence-electron chi connectivity index (χ3n) is 4.87. The fraction of sp³-hybridized carbons (Fsp3) is 0.143. The lowest BCUT2D eigenvalue weighted by Crippen LogP contribution is -2.30. The van der Waals surface area contributed by atoms with E-state index in [0.717, 1.165) is 4.90 Å². The molecule has 3 aromatic rings. The van der Waals surface area contributed by atoms with Gasteiger partial charge in [-0.1, -0.05) is 30.3 Å². The normalized spacial score (nSPS) is 10.9. The Labute approximate surface area is 218 Å². The molecule has 0 saturated heterocycles. The Bertz CT molecular complexity index is 1280. The highest BCUT2D eigenvalue weighted by atomic mass is 32.2. The summed E-state index contributed by atoms with van der Waals surface area (Å²) in [6.07, 6.45) is 1.18. The number of amides is 2. The molecule has 0 atom stereocenters. The van der Waals surface area contributed by atoms with Gasteiger partial charge in [-0.05, 0) is 67.1 Å². The molecule has 190 valence electrons. The van der Waals surface area contributed by atoms with Gasteiger partial charge in [0, 0.05) is 16.1 Å². The number of anilines is 1. The van der Waals surface area contributed by atoms with Crippen LogP contribution in [0.5, 0.6) is 0 Å². The van der Waals surface area contributed by atoms with E-state index in [2.05, 4.69) is 10.6 Å². The van der Waals surface area contributed by atoms with Crippen LogP contribution < -0.4 is 10.6 Å². The number of thioether (sulfide) groups is 1. The van der Waals surface area contributed by atoms with E-state index in [1.54, 1.807) is 61.5 Å². The number of hydrogen-bond acceptors (Lipinski definition) is 6. The molecular formula is C28H25FN2O5S. The molecule has 3 rings (SSSR count). The molecule has 37 heavy (non-hydrogen) atoms. The molecule has 0 aliphatic rings. The Morgan fingerprint density at radius 3 is 2.24 bits per heavy atom. The van der Waals surface area contributed by atoms with Crippen LogP contribution in [0.2, 0.25) is 0 Å². The van der Waals surface area contributed by atoms with Crippen molar-refractivity contribution < 1.29 is 28.3 Å². The van der Waals surface area contributed by atoms with Crippen LogP contribution in [0.25, 0.3) is 6.08 Å². The molecule has 0 spiro atoms. The maximum absolute atomic E-state index is 13.3. The minimum atomic E-state index is -0.571. The molecule has 0 aromatic heterocycles. The van der Waals surface area contributed by atoms with Gasteiger partial charge in [-0.15, -0.1) is 11.8 Å². The van der Waals surface area contributed by atoms with Crippen molar-refractivity contribution in [2.24, 2.45) is 0 Å². The summed E-state index contributed by atoms with van der Waals surface area (Å²) in [6.45, 7) is 1.90. The van der Waals surface area contributed by atoms with Gasteiger partial charge < -0.3 is 15.4 Å². The number of esters is 1. The molecule has 0 bridgehead atoms. The number of halogens is 1. The lowest BCUT2D eigenvalue weighted by molar-refractivity contribution is -0.145. The molecule has 3 aromatic carbocycles. The molecule has 0 fully saturated rings. The summed E-state index contributed by atoms with van der Waals surface area (Å²) >= 11 is 1.26. The summed E-state index contributed by atoms with van der Waals surface area (Å²) in [4.78, 5) is 49.8. The van der Waals surface area contributed by atoms with Crippen molar-refractivity contribution in [3.63, 3.8) is 0 Å². The second kappa shape index (κ2) is 13.7. The highest BCUT2D eigenvalue weighted by Crippen LogP contribution is 2.21. The summed E-state index contributed by atoms with van der Waals surface area (Å²) in [5.41, 5.74) is 1.34. The van der Waals surface area contributed by atoms with Crippen LogP contribution in [-0.2, 0) is 19.1 Å². The molecule has 7 nitrogen and oxygen atoms in total. The average Bonchev–Trinajstić information content (AvgIpc) is 2.89. The number of carbonyl (C=O) groups excluding carboxylic acids is 4. The predicted molar refractivity (Wildman–Crippen MR) is 140 cm³/mol. The summed E-state index contributed by atoms with van der Waals surface area (Å²) < 4.78 is 18.1. The van der Waals surface area contributed by atoms with Crippen molar-refractivity contribution in [1.82, 2.24) is 5.32 Å². The van der Waals surface area contributed by atoms with Gasteiger partial charge in [0.25, 0.3) is 11.8 Å². The Balaban J connectivity index is 1.67. The first-order valence-electron chi connectivity index (χ1n) is 11.4. The van der Waals surface area contributed by atoms with E-state index in [-0.39, 0.29) is 30.3 Å². The van der Waals surface area contributed by atoms with E-state index in [1.165, 1.54) is 42.1 Å². The van der Waals surface area contributed by atoms with Crippen LogP contribution in [-0.4, -0.2) is 35.9 Å². The Morgan fingerprint density at radius 1 is 0.919 bits per heavy atom. The molecule has 0 radical (unpaired) electrons. The fourth-order valence-corrected chi connectivity index (χ4v) is 3.85. The minimum absolute atomic E-state index is 0.0246.